The molecule has 0 saturated heterocycles. The highest BCUT2D eigenvalue weighted by Gasteiger charge is 2.12. The topological polar surface area (TPSA) is 75.1 Å². The van der Waals surface area contributed by atoms with E-state index in [-0.39, 0.29) is 16.6 Å². The van der Waals surface area contributed by atoms with Crippen molar-refractivity contribution in [2.45, 2.75) is 12.8 Å². The van der Waals surface area contributed by atoms with Crippen LogP contribution < -0.4 is 5.32 Å². The first-order valence-corrected chi connectivity index (χ1v) is 6.87. The van der Waals surface area contributed by atoms with Gasteiger partial charge in [-0.15, -0.1) is 11.3 Å². The minimum Gasteiger partial charge on any atom is -0.476 e. The third-order valence-corrected chi connectivity index (χ3v) is 3.82. The van der Waals surface area contributed by atoms with Crippen molar-refractivity contribution in [1.29, 1.82) is 0 Å². The molecule has 0 radical (unpaired) electrons. The van der Waals surface area contributed by atoms with Crippen molar-refractivity contribution in [3.8, 4) is 0 Å². The van der Waals surface area contributed by atoms with Crippen LogP contribution in [-0.4, -0.2) is 27.6 Å². The van der Waals surface area contributed by atoms with Gasteiger partial charge in [-0.2, -0.15) is 0 Å². The molecule has 0 aliphatic heterocycles. The van der Waals surface area contributed by atoms with Gasteiger partial charge in [0.15, 0.2) is 5.69 Å². The minimum atomic E-state index is -1.14. The van der Waals surface area contributed by atoms with E-state index < -0.39 is 5.97 Å². The number of nitrogens with zero attached hydrogens (tertiary/aromatic N) is 2. The highest BCUT2D eigenvalue weighted by atomic mass is 35.5. The molecule has 7 heteroatoms. The first kappa shape index (κ1) is 13.8. The van der Waals surface area contributed by atoms with E-state index in [0.717, 1.165) is 5.01 Å². The molecule has 0 fully saturated rings. The van der Waals surface area contributed by atoms with Crippen LogP contribution in [0.15, 0.2) is 23.7 Å². The highest BCUT2D eigenvalue weighted by molar-refractivity contribution is 7.09. The van der Waals surface area contributed by atoms with Crippen LogP contribution in [-0.2, 0) is 0 Å². The van der Waals surface area contributed by atoms with Crippen molar-refractivity contribution in [2.24, 2.45) is 0 Å². The van der Waals surface area contributed by atoms with Gasteiger partial charge in [0.1, 0.15) is 5.82 Å². The fourth-order valence-electron chi connectivity index (χ4n) is 1.51. The van der Waals surface area contributed by atoms with Gasteiger partial charge in [0.25, 0.3) is 0 Å². The van der Waals surface area contributed by atoms with Crippen LogP contribution in [0.25, 0.3) is 0 Å². The van der Waals surface area contributed by atoms with Crippen LogP contribution in [0.4, 0.5) is 5.82 Å². The van der Waals surface area contributed by atoms with Gasteiger partial charge in [-0.05, 0) is 12.1 Å². The lowest BCUT2D eigenvalue weighted by Gasteiger charge is -2.11. The largest absolute Gasteiger partial charge is 0.476 e. The summed E-state index contributed by atoms with van der Waals surface area (Å²) < 4.78 is 0. The van der Waals surface area contributed by atoms with E-state index in [4.69, 9.17) is 16.7 Å². The second kappa shape index (κ2) is 5.99. The van der Waals surface area contributed by atoms with E-state index in [1.807, 2.05) is 12.3 Å². The highest BCUT2D eigenvalue weighted by Crippen LogP contribution is 2.20. The molecule has 1 atom stereocenters. The van der Waals surface area contributed by atoms with Gasteiger partial charge < -0.3 is 10.4 Å². The summed E-state index contributed by atoms with van der Waals surface area (Å²) in [5, 5.41) is 15.1. The van der Waals surface area contributed by atoms with Crippen molar-refractivity contribution in [1.82, 2.24) is 9.97 Å². The number of nitrogens with one attached hydrogen (secondary N) is 1. The SMILES string of the molecule is CC(CNc1ccc(Cl)c(C(=O)O)n1)c1nccs1. The van der Waals surface area contributed by atoms with Crippen molar-refractivity contribution in [3.63, 3.8) is 0 Å². The number of hydrogen-bond donors (Lipinski definition) is 2. The van der Waals surface area contributed by atoms with E-state index in [2.05, 4.69) is 15.3 Å². The van der Waals surface area contributed by atoms with E-state index >= 15 is 0 Å². The van der Waals surface area contributed by atoms with Crippen molar-refractivity contribution in [3.05, 3.63) is 39.4 Å². The van der Waals surface area contributed by atoms with E-state index in [1.54, 1.807) is 23.6 Å². The zero-order valence-electron chi connectivity index (χ0n) is 10.1. The van der Waals surface area contributed by atoms with Gasteiger partial charge >= 0.3 is 5.97 Å². The Hall–Kier alpha value is -1.66. The molecule has 2 aromatic heterocycles. The van der Waals surface area contributed by atoms with Gasteiger partial charge in [0, 0.05) is 24.0 Å². The van der Waals surface area contributed by atoms with Crippen molar-refractivity contribution < 1.29 is 9.90 Å². The summed E-state index contributed by atoms with van der Waals surface area (Å²) in [6, 6.07) is 3.18. The monoisotopic (exact) mass is 297 g/mol. The Bertz CT molecular complexity index is 574. The molecule has 2 rings (SSSR count). The Morgan fingerprint density at radius 3 is 3.00 bits per heavy atom. The van der Waals surface area contributed by atoms with E-state index in [9.17, 15) is 4.79 Å². The summed E-state index contributed by atoms with van der Waals surface area (Å²) in [7, 11) is 0. The van der Waals surface area contributed by atoms with Crippen LogP contribution in [0.3, 0.4) is 0 Å². The van der Waals surface area contributed by atoms with Crippen LogP contribution >= 0.6 is 22.9 Å². The quantitative estimate of drug-likeness (QED) is 0.887. The third kappa shape index (κ3) is 3.42. The second-order valence-electron chi connectivity index (χ2n) is 3.98. The number of anilines is 1. The lowest BCUT2D eigenvalue weighted by Crippen LogP contribution is -2.12. The van der Waals surface area contributed by atoms with Crippen LogP contribution in [0.1, 0.15) is 28.3 Å². The summed E-state index contributed by atoms with van der Waals surface area (Å²) >= 11 is 7.35. The van der Waals surface area contributed by atoms with Gasteiger partial charge in [0.2, 0.25) is 0 Å². The molecule has 2 N–H and O–H groups in total. The first-order valence-electron chi connectivity index (χ1n) is 5.61. The van der Waals surface area contributed by atoms with Crippen LogP contribution in [0.2, 0.25) is 5.02 Å². The molecule has 0 bridgehead atoms. The lowest BCUT2D eigenvalue weighted by molar-refractivity contribution is 0.0691. The van der Waals surface area contributed by atoms with Gasteiger partial charge in [-0.3, -0.25) is 0 Å². The Morgan fingerprint density at radius 2 is 2.37 bits per heavy atom. The number of aromatic nitrogens is 2. The summed E-state index contributed by atoms with van der Waals surface area (Å²) in [6.07, 6.45) is 1.76. The number of carboxylic acids is 1. The van der Waals surface area contributed by atoms with Gasteiger partial charge in [-0.25, -0.2) is 14.8 Å². The van der Waals surface area contributed by atoms with Gasteiger partial charge in [0.05, 0.1) is 10.0 Å². The predicted molar refractivity (Wildman–Crippen MR) is 75.2 cm³/mol. The minimum absolute atomic E-state index is 0.131. The Morgan fingerprint density at radius 1 is 1.58 bits per heavy atom. The number of hydrogen-bond acceptors (Lipinski definition) is 5. The van der Waals surface area contributed by atoms with Gasteiger partial charge in [-0.1, -0.05) is 18.5 Å². The van der Waals surface area contributed by atoms with Crippen LogP contribution in [0.5, 0.6) is 0 Å². The standard InChI is InChI=1S/C12H12ClN3O2S/c1-7(11-14-4-5-19-11)6-15-9-3-2-8(13)10(16-9)12(17)18/h2-5,7H,6H2,1H3,(H,15,16)(H,17,18). The molecular formula is C12H12ClN3O2S. The zero-order valence-corrected chi connectivity index (χ0v) is 11.7. The maximum atomic E-state index is 10.9. The third-order valence-electron chi connectivity index (χ3n) is 2.51. The molecule has 2 heterocycles. The number of halogens is 1. The number of thiazole rings is 1. The Kier molecular flexibility index (Phi) is 4.34. The molecule has 0 amide bonds. The number of rotatable bonds is 5. The Labute approximate surface area is 119 Å². The summed E-state index contributed by atoms with van der Waals surface area (Å²) in [4.78, 5) is 19.1. The fourth-order valence-corrected chi connectivity index (χ4v) is 2.40. The maximum absolute atomic E-state index is 10.9. The lowest BCUT2D eigenvalue weighted by atomic mass is 10.2. The molecule has 5 nitrogen and oxygen atoms in total. The average molecular weight is 298 g/mol. The first-order chi connectivity index (χ1) is 9.08. The molecule has 100 valence electrons. The maximum Gasteiger partial charge on any atom is 0.356 e. The number of carboxylic acid groups (broad SMARTS) is 1. The van der Waals surface area contributed by atoms with Crippen LogP contribution in [0, 0.1) is 0 Å². The molecule has 19 heavy (non-hydrogen) atoms. The molecule has 0 aliphatic rings. The van der Waals surface area contributed by atoms with Crippen molar-refractivity contribution in [2.75, 3.05) is 11.9 Å². The average Bonchev–Trinajstić information content (AvgIpc) is 2.91. The Balaban J connectivity index is 2.04. The number of carbonyl (C=O) groups is 1. The second-order valence-corrected chi connectivity index (χ2v) is 5.32. The summed E-state index contributed by atoms with van der Waals surface area (Å²) in [6.45, 7) is 2.67. The molecule has 2 aromatic rings. The molecule has 0 aromatic carbocycles. The molecule has 0 aliphatic carbocycles. The van der Waals surface area contributed by atoms with Crippen molar-refractivity contribution >= 4 is 34.7 Å². The number of pyridine rings is 1. The van der Waals surface area contributed by atoms with E-state index in [1.165, 1.54) is 6.07 Å². The molecular weight excluding hydrogens is 286 g/mol. The normalized spacial score (nSPS) is 12.1. The summed E-state index contributed by atoms with van der Waals surface area (Å²) in [5.41, 5.74) is -0.145. The predicted octanol–water partition coefficient (Wildman–Crippen LogP) is 3.11. The fraction of sp³-hybridized carbons (Fsp3) is 0.250. The molecule has 1 unspecified atom stereocenters. The molecule has 0 saturated carbocycles. The summed E-state index contributed by atoms with van der Waals surface area (Å²) in [5.74, 6) is -0.419. The van der Waals surface area contributed by atoms with E-state index in [0.29, 0.717) is 12.4 Å². The smallest absolute Gasteiger partial charge is 0.356 e. The zero-order chi connectivity index (χ0) is 13.8. The molecule has 0 spiro atoms. The number of aromatic carboxylic acids is 1.